The van der Waals surface area contributed by atoms with E-state index >= 15 is 0 Å². The Hall–Kier alpha value is -0.640. The van der Waals surface area contributed by atoms with Crippen molar-refractivity contribution in [1.29, 1.82) is 0 Å². The molecular weight excluding hydrogens is 182 g/mol. The molecule has 0 unspecified atom stereocenters. The lowest BCUT2D eigenvalue weighted by Crippen LogP contribution is -2.00. The Morgan fingerprint density at radius 3 is 2.77 bits per heavy atom. The molecule has 3 nitrogen and oxygen atoms in total. The molecule has 0 spiro atoms. The second-order valence-electron chi connectivity index (χ2n) is 3.00. The molecule has 0 aliphatic rings. The third-order valence-electron chi connectivity index (χ3n) is 1.84. The molecule has 4 heteroatoms. The van der Waals surface area contributed by atoms with Crippen molar-refractivity contribution in [3.05, 3.63) is 5.82 Å². The minimum atomic E-state index is 0.924. The van der Waals surface area contributed by atoms with Gasteiger partial charge in [-0.1, -0.05) is 26.7 Å². The third kappa shape index (κ3) is 3.72. The molecule has 0 aromatic carbocycles. The van der Waals surface area contributed by atoms with E-state index in [0.29, 0.717) is 0 Å². The fraction of sp³-hybridized carbons (Fsp3) is 0.778. The number of aromatic nitrogens is 2. The molecular formula is C9H17N3S. The van der Waals surface area contributed by atoms with Crippen molar-refractivity contribution in [3.63, 3.8) is 0 Å². The van der Waals surface area contributed by atoms with Crippen LogP contribution in [0.1, 0.15) is 38.9 Å². The van der Waals surface area contributed by atoms with Crippen LogP contribution in [0.4, 0.5) is 5.13 Å². The maximum Gasteiger partial charge on any atom is 0.202 e. The van der Waals surface area contributed by atoms with E-state index in [1.165, 1.54) is 30.8 Å². The summed E-state index contributed by atoms with van der Waals surface area (Å²) >= 11 is 1.46. The predicted molar refractivity (Wildman–Crippen MR) is 57.3 cm³/mol. The van der Waals surface area contributed by atoms with E-state index in [0.717, 1.165) is 23.9 Å². The van der Waals surface area contributed by atoms with Crippen molar-refractivity contribution in [2.75, 3.05) is 11.9 Å². The zero-order valence-corrected chi connectivity index (χ0v) is 9.15. The van der Waals surface area contributed by atoms with E-state index in [1.807, 2.05) is 0 Å². The van der Waals surface area contributed by atoms with Crippen molar-refractivity contribution in [2.24, 2.45) is 0 Å². The Morgan fingerprint density at radius 1 is 1.31 bits per heavy atom. The molecule has 1 rings (SSSR count). The average molecular weight is 199 g/mol. The maximum absolute atomic E-state index is 4.32. The van der Waals surface area contributed by atoms with Crippen LogP contribution in [-0.2, 0) is 6.42 Å². The fourth-order valence-corrected chi connectivity index (χ4v) is 1.71. The SMILES string of the molecule is CCCCCNc1nc(CC)ns1. The maximum atomic E-state index is 4.32. The van der Waals surface area contributed by atoms with Gasteiger partial charge in [0.05, 0.1) is 0 Å². The average Bonchev–Trinajstić information content (AvgIpc) is 2.60. The number of hydrogen-bond donors (Lipinski definition) is 1. The van der Waals surface area contributed by atoms with Gasteiger partial charge < -0.3 is 5.32 Å². The number of aryl methyl sites for hydroxylation is 1. The number of unbranched alkanes of at least 4 members (excludes halogenated alkanes) is 2. The van der Waals surface area contributed by atoms with Crippen molar-refractivity contribution >= 4 is 16.7 Å². The molecule has 1 aromatic rings. The van der Waals surface area contributed by atoms with Gasteiger partial charge in [-0.15, -0.1) is 0 Å². The molecule has 1 N–H and O–H groups in total. The van der Waals surface area contributed by atoms with Gasteiger partial charge in [0.1, 0.15) is 5.82 Å². The van der Waals surface area contributed by atoms with Crippen LogP contribution >= 0.6 is 11.5 Å². The Labute approximate surface area is 83.8 Å². The second-order valence-corrected chi connectivity index (χ2v) is 3.76. The largest absolute Gasteiger partial charge is 0.360 e. The van der Waals surface area contributed by atoms with E-state index in [4.69, 9.17) is 0 Å². The highest BCUT2D eigenvalue weighted by molar-refractivity contribution is 7.09. The summed E-state index contributed by atoms with van der Waals surface area (Å²) in [6.07, 6.45) is 4.69. The van der Waals surface area contributed by atoms with Gasteiger partial charge >= 0.3 is 0 Å². The summed E-state index contributed by atoms with van der Waals surface area (Å²) in [6.45, 7) is 5.30. The molecule has 0 fully saturated rings. The summed E-state index contributed by atoms with van der Waals surface area (Å²) in [7, 11) is 0. The monoisotopic (exact) mass is 199 g/mol. The molecule has 0 saturated heterocycles. The van der Waals surface area contributed by atoms with Gasteiger partial charge in [-0.25, -0.2) is 4.98 Å². The summed E-state index contributed by atoms with van der Waals surface area (Å²) in [4.78, 5) is 4.32. The standard InChI is InChI=1S/C9H17N3S/c1-3-5-6-7-10-9-11-8(4-2)12-13-9/h3-7H2,1-2H3,(H,10,11,12). The summed E-state index contributed by atoms with van der Waals surface area (Å²) in [5.41, 5.74) is 0. The number of nitrogens with one attached hydrogen (secondary N) is 1. The molecule has 1 heterocycles. The number of rotatable bonds is 6. The van der Waals surface area contributed by atoms with Gasteiger partial charge in [0.15, 0.2) is 0 Å². The van der Waals surface area contributed by atoms with Crippen molar-refractivity contribution in [2.45, 2.75) is 39.5 Å². The molecule has 0 bridgehead atoms. The summed E-state index contributed by atoms with van der Waals surface area (Å²) in [6, 6.07) is 0. The summed E-state index contributed by atoms with van der Waals surface area (Å²) in [5, 5.41) is 4.24. The van der Waals surface area contributed by atoms with E-state index in [1.54, 1.807) is 0 Å². The lowest BCUT2D eigenvalue weighted by atomic mass is 10.2. The number of nitrogens with zero attached hydrogens (tertiary/aromatic N) is 2. The number of hydrogen-bond acceptors (Lipinski definition) is 4. The van der Waals surface area contributed by atoms with Crippen LogP contribution in [0, 0.1) is 0 Å². The lowest BCUT2D eigenvalue weighted by molar-refractivity contribution is 0.743. The highest BCUT2D eigenvalue weighted by atomic mass is 32.1. The van der Waals surface area contributed by atoms with Crippen LogP contribution in [0.25, 0.3) is 0 Å². The Bertz CT molecular complexity index is 235. The molecule has 0 radical (unpaired) electrons. The van der Waals surface area contributed by atoms with Gasteiger partial charge in [0.25, 0.3) is 0 Å². The Morgan fingerprint density at radius 2 is 2.15 bits per heavy atom. The Kier molecular flexibility index (Phi) is 4.75. The van der Waals surface area contributed by atoms with Gasteiger partial charge in [0, 0.05) is 24.5 Å². The molecule has 0 aliphatic heterocycles. The molecule has 1 aromatic heterocycles. The second kappa shape index (κ2) is 5.91. The molecule has 0 atom stereocenters. The number of anilines is 1. The minimum absolute atomic E-state index is 0.924. The highest BCUT2D eigenvalue weighted by Gasteiger charge is 1.99. The predicted octanol–water partition coefficient (Wildman–Crippen LogP) is 2.70. The van der Waals surface area contributed by atoms with Gasteiger partial charge in [-0.05, 0) is 6.42 Å². The van der Waals surface area contributed by atoms with Gasteiger partial charge in [-0.3, -0.25) is 0 Å². The van der Waals surface area contributed by atoms with E-state index in [9.17, 15) is 0 Å². The molecule has 0 aliphatic carbocycles. The van der Waals surface area contributed by atoms with Crippen LogP contribution in [0.2, 0.25) is 0 Å². The first-order valence-corrected chi connectivity index (χ1v) is 5.70. The molecule has 0 saturated carbocycles. The third-order valence-corrected chi connectivity index (χ3v) is 2.55. The Balaban J connectivity index is 2.20. The van der Waals surface area contributed by atoms with Crippen LogP contribution in [0.3, 0.4) is 0 Å². The van der Waals surface area contributed by atoms with Crippen molar-refractivity contribution < 1.29 is 0 Å². The quantitative estimate of drug-likeness (QED) is 0.716. The van der Waals surface area contributed by atoms with Gasteiger partial charge in [-0.2, -0.15) is 4.37 Å². The smallest absolute Gasteiger partial charge is 0.202 e. The topological polar surface area (TPSA) is 37.8 Å². The zero-order chi connectivity index (χ0) is 9.52. The fourth-order valence-electron chi connectivity index (χ4n) is 1.04. The minimum Gasteiger partial charge on any atom is -0.360 e. The lowest BCUT2D eigenvalue weighted by Gasteiger charge is -1.99. The molecule has 74 valence electrons. The summed E-state index contributed by atoms with van der Waals surface area (Å²) < 4.78 is 4.20. The van der Waals surface area contributed by atoms with E-state index < -0.39 is 0 Å². The first kappa shape index (κ1) is 10.4. The highest BCUT2D eigenvalue weighted by Crippen LogP contribution is 2.11. The first-order valence-electron chi connectivity index (χ1n) is 4.93. The van der Waals surface area contributed by atoms with Gasteiger partial charge in [0.2, 0.25) is 5.13 Å². The van der Waals surface area contributed by atoms with Crippen LogP contribution in [0.15, 0.2) is 0 Å². The van der Waals surface area contributed by atoms with Crippen molar-refractivity contribution in [1.82, 2.24) is 9.36 Å². The van der Waals surface area contributed by atoms with Crippen LogP contribution < -0.4 is 5.32 Å². The normalized spacial score (nSPS) is 10.3. The molecule has 0 amide bonds. The zero-order valence-electron chi connectivity index (χ0n) is 8.34. The van der Waals surface area contributed by atoms with Crippen molar-refractivity contribution in [3.8, 4) is 0 Å². The van der Waals surface area contributed by atoms with E-state index in [-0.39, 0.29) is 0 Å². The van der Waals surface area contributed by atoms with E-state index in [2.05, 4.69) is 28.5 Å². The first-order chi connectivity index (χ1) is 6.36. The summed E-state index contributed by atoms with van der Waals surface area (Å²) in [5.74, 6) is 0.947. The van der Waals surface area contributed by atoms with Crippen LogP contribution in [0.5, 0.6) is 0 Å². The van der Waals surface area contributed by atoms with Crippen LogP contribution in [-0.4, -0.2) is 15.9 Å². The molecule has 13 heavy (non-hydrogen) atoms.